The molecule has 1 unspecified atom stereocenters. The highest BCUT2D eigenvalue weighted by Crippen LogP contribution is 2.31. The number of ether oxygens (including phenoxy) is 1. The highest BCUT2D eigenvalue weighted by Gasteiger charge is 2.30. The number of aromatic nitrogens is 3. The molecule has 1 aliphatic heterocycles. The van der Waals surface area contributed by atoms with Crippen LogP contribution in [-0.2, 0) is 6.18 Å². The fourth-order valence-electron chi connectivity index (χ4n) is 3.24. The van der Waals surface area contributed by atoms with E-state index in [1.807, 2.05) is 0 Å². The van der Waals surface area contributed by atoms with Crippen LogP contribution in [-0.4, -0.2) is 40.7 Å². The molecule has 10 heteroatoms. The summed E-state index contributed by atoms with van der Waals surface area (Å²) >= 11 is 0. The van der Waals surface area contributed by atoms with Crippen LogP contribution in [0.4, 0.5) is 30.8 Å². The Bertz CT molecular complexity index is 811. The molecule has 7 nitrogen and oxygen atoms in total. The molecule has 0 aliphatic carbocycles. The predicted molar refractivity (Wildman–Crippen MR) is 104 cm³/mol. The van der Waals surface area contributed by atoms with Gasteiger partial charge in [0.15, 0.2) is 0 Å². The van der Waals surface area contributed by atoms with E-state index in [0.29, 0.717) is 18.5 Å². The molecule has 1 saturated heterocycles. The van der Waals surface area contributed by atoms with Gasteiger partial charge in [-0.2, -0.15) is 28.1 Å². The number of alkyl halides is 3. The lowest BCUT2D eigenvalue weighted by atomic mass is 9.91. The van der Waals surface area contributed by atoms with E-state index in [0.717, 1.165) is 38.1 Å². The molecule has 1 aromatic carbocycles. The highest BCUT2D eigenvalue weighted by molar-refractivity contribution is 5.56. The number of hydrogen-bond acceptors (Lipinski definition) is 7. The second kappa shape index (κ2) is 9.25. The van der Waals surface area contributed by atoms with E-state index in [2.05, 4.69) is 37.8 Å². The van der Waals surface area contributed by atoms with Crippen LogP contribution >= 0.6 is 0 Å². The van der Waals surface area contributed by atoms with Crippen molar-refractivity contribution in [2.24, 2.45) is 5.92 Å². The van der Waals surface area contributed by atoms with Gasteiger partial charge in [0.1, 0.15) is 0 Å². The summed E-state index contributed by atoms with van der Waals surface area (Å²) < 4.78 is 44.3. The Morgan fingerprint density at radius 3 is 2.59 bits per heavy atom. The predicted octanol–water partition coefficient (Wildman–Crippen LogP) is 3.83. The van der Waals surface area contributed by atoms with Gasteiger partial charge in [0, 0.05) is 11.7 Å². The third-order valence-corrected chi connectivity index (χ3v) is 4.78. The summed E-state index contributed by atoms with van der Waals surface area (Å²) in [4.78, 5) is 12.7. The number of nitrogens with zero attached hydrogens (tertiary/aromatic N) is 3. The maximum Gasteiger partial charge on any atom is 0.416 e. The van der Waals surface area contributed by atoms with Gasteiger partial charge < -0.3 is 20.7 Å². The van der Waals surface area contributed by atoms with Gasteiger partial charge in [-0.1, -0.05) is 6.07 Å². The molecule has 0 saturated carbocycles. The van der Waals surface area contributed by atoms with Crippen LogP contribution < -0.4 is 20.7 Å². The van der Waals surface area contributed by atoms with Crippen molar-refractivity contribution in [3.05, 3.63) is 29.8 Å². The molecule has 0 spiro atoms. The molecule has 2 heterocycles. The Morgan fingerprint density at radius 2 is 1.90 bits per heavy atom. The summed E-state index contributed by atoms with van der Waals surface area (Å²) in [6, 6.07) is 5.11. The zero-order valence-corrected chi connectivity index (χ0v) is 16.4. The number of piperidine rings is 1. The Balaban J connectivity index is 1.79. The number of halogens is 3. The van der Waals surface area contributed by atoms with E-state index in [1.54, 1.807) is 6.92 Å². The van der Waals surface area contributed by atoms with Crippen LogP contribution in [0.25, 0.3) is 0 Å². The average molecular weight is 410 g/mol. The van der Waals surface area contributed by atoms with E-state index in [1.165, 1.54) is 12.1 Å². The third-order valence-electron chi connectivity index (χ3n) is 4.78. The van der Waals surface area contributed by atoms with E-state index >= 15 is 0 Å². The first kappa shape index (κ1) is 21.1. The first-order valence-electron chi connectivity index (χ1n) is 9.65. The quantitative estimate of drug-likeness (QED) is 0.640. The molecule has 0 radical (unpaired) electrons. The normalized spacial score (nSPS) is 16.3. The molecule has 2 aromatic rings. The Hall–Kier alpha value is -2.62. The lowest BCUT2D eigenvalue weighted by Gasteiger charge is -2.28. The minimum Gasteiger partial charge on any atom is -0.464 e. The topological polar surface area (TPSA) is 84.0 Å². The SMILES string of the molecule is CCOc1nc(Nc2cccc(C(F)(F)F)c2)nc(NC(C)C2CCNCC2)n1. The lowest BCUT2D eigenvalue weighted by Crippen LogP contribution is -2.36. The van der Waals surface area contributed by atoms with Crippen LogP contribution in [0.3, 0.4) is 0 Å². The molecule has 1 aromatic heterocycles. The summed E-state index contributed by atoms with van der Waals surface area (Å²) in [7, 11) is 0. The molecule has 3 N–H and O–H groups in total. The molecule has 3 rings (SSSR count). The maximum atomic E-state index is 13.0. The van der Waals surface area contributed by atoms with E-state index in [4.69, 9.17) is 4.74 Å². The molecule has 1 fully saturated rings. The number of hydrogen-bond donors (Lipinski definition) is 3. The second-order valence-electron chi connectivity index (χ2n) is 6.92. The zero-order chi connectivity index (χ0) is 20.9. The van der Waals surface area contributed by atoms with Crippen molar-refractivity contribution >= 4 is 17.6 Å². The summed E-state index contributed by atoms with van der Waals surface area (Å²) in [5.74, 6) is 0.912. The molecule has 1 aliphatic rings. The number of anilines is 3. The van der Waals surface area contributed by atoms with E-state index in [9.17, 15) is 13.2 Å². The summed E-state index contributed by atoms with van der Waals surface area (Å²) in [6.45, 7) is 6.17. The van der Waals surface area contributed by atoms with Crippen molar-refractivity contribution in [2.75, 3.05) is 30.3 Å². The Kier molecular flexibility index (Phi) is 6.73. The van der Waals surface area contributed by atoms with E-state index in [-0.39, 0.29) is 23.7 Å². The van der Waals surface area contributed by atoms with Crippen molar-refractivity contribution in [2.45, 2.75) is 38.9 Å². The minimum absolute atomic E-state index is 0.108. The van der Waals surface area contributed by atoms with Gasteiger partial charge in [0.25, 0.3) is 0 Å². The fraction of sp³-hybridized carbons (Fsp3) is 0.526. The van der Waals surface area contributed by atoms with Crippen molar-refractivity contribution in [3.8, 4) is 6.01 Å². The largest absolute Gasteiger partial charge is 0.464 e. The first-order valence-corrected chi connectivity index (χ1v) is 9.65. The minimum atomic E-state index is -4.43. The summed E-state index contributed by atoms with van der Waals surface area (Å²) in [5.41, 5.74) is -0.523. The molecule has 158 valence electrons. The molecular weight excluding hydrogens is 385 g/mol. The van der Waals surface area contributed by atoms with Gasteiger partial charge in [0.05, 0.1) is 12.2 Å². The standard InChI is InChI=1S/C19H25F3N6O/c1-3-29-18-27-16(24-12(2)13-7-9-23-10-8-13)26-17(28-18)25-15-6-4-5-14(11-15)19(20,21)22/h4-6,11-13,23H,3,7-10H2,1-2H3,(H2,24,25,26,27,28). The Labute approximate surface area is 167 Å². The van der Waals surface area contributed by atoms with Gasteiger partial charge in [-0.05, 0) is 63.9 Å². The van der Waals surface area contributed by atoms with Crippen molar-refractivity contribution in [3.63, 3.8) is 0 Å². The van der Waals surface area contributed by atoms with Crippen LogP contribution in [0, 0.1) is 5.92 Å². The van der Waals surface area contributed by atoms with Gasteiger partial charge in [-0.15, -0.1) is 0 Å². The number of rotatable bonds is 7. The lowest BCUT2D eigenvalue weighted by molar-refractivity contribution is -0.137. The second-order valence-corrected chi connectivity index (χ2v) is 6.92. The van der Waals surface area contributed by atoms with Crippen LogP contribution in [0.2, 0.25) is 0 Å². The molecule has 0 amide bonds. The molecule has 1 atom stereocenters. The summed E-state index contributed by atoms with van der Waals surface area (Å²) in [5, 5.41) is 9.43. The smallest absolute Gasteiger partial charge is 0.416 e. The number of benzene rings is 1. The van der Waals surface area contributed by atoms with Crippen LogP contribution in [0.1, 0.15) is 32.3 Å². The monoisotopic (exact) mass is 410 g/mol. The maximum absolute atomic E-state index is 13.0. The molecule has 0 bridgehead atoms. The molecular formula is C19H25F3N6O. The van der Waals surface area contributed by atoms with Gasteiger partial charge in [-0.25, -0.2) is 0 Å². The van der Waals surface area contributed by atoms with Gasteiger partial charge in [0.2, 0.25) is 11.9 Å². The van der Waals surface area contributed by atoms with Crippen molar-refractivity contribution in [1.29, 1.82) is 0 Å². The fourth-order valence-corrected chi connectivity index (χ4v) is 3.24. The Morgan fingerprint density at radius 1 is 1.17 bits per heavy atom. The van der Waals surface area contributed by atoms with Crippen molar-refractivity contribution in [1.82, 2.24) is 20.3 Å². The zero-order valence-electron chi connectivity index (χ0n) is 16.4. The molecule has 29 heavy (non-hydrogen) atoms. The number of nitrogens with one attached hydrogen (secondary N) is 3. The van der Waals surface area contributed by atoms with E-state index < -0.39 is 11.7 Å². The van der Waals surface area contributed by atoms with Crippen LogP contribution in [0.5, 0.6) is 6.01 Å². The first-order chi connectivity index (χ1) is 13.8. The van der Waals surface area contributed by atoms with Crippen LogP contribution in [0.15, 0.2) is 24.3 Å². The van der Waals surface area contributed by atoms with Gasteiger partial charge in [-0.3, -0.25) is 0 Å². The average Bonchev–Trinajstić information content (AvgIpc) is 2.68. The van der Waals surface area contributed by atoms with Crippen molar-refractivity contribution < 1.29 is 17.9 Å². The third kappa shape index (κ3) is 5.93. The highest BCUT2D eigenvalue weighted by atomic mass is 19.4. The summed E-state index contributed by atoms with van der Waals surface area (Å²) in [6.07, 6.45) is -2.33. The van der Waals surface area contributed by atoms with Gasteiger partial charge >= 0.3 is 12.2 Å².